The lowest BCUT2D eigenvalue weighted by Gasteiger charge is -2.35. The highest BCUT2D eigenvalue weighted by Crippen LogP contribution is 2.39. The second-order valence-electron chi connectivity index (χ2n) is 7.23. The fourth-order valence-electron chi connectivity index (χ4n) is 4.00. The summed E-state index contributed by atoms with van der Waals surface area (Å²) >= 11 is 0. The molecular formula is C21H19FN6O2. The average molecular weight is 406 g/mol. The third kappa shape index (κ3) is 3.48. The molecule has 0 radical (unpaired) electrons. The second kappa shape index (κ2) is 7.91. The number of nitriles is 1. The van der Waals surface area contributed by atoms with Crippen LogP contribution in [0.5, 0.6) is 0 Å². The first kappa shape index (κ1) is 19.5. The van der Waals surface area contributed by atoms with Crippen molar-refractivity contribution in [1.29, 1.82) is 5.26 Å². The summed E-state index contributed by atoms with van der Waals surface area (Å²) in [6.07, 6.45) is 4.64. The zero-order valence-electron chi connectivity index (χ0n) is 16.3. The molecule has 8 nitrogen and oxygen atoms in total. The second-order valence-corrected chi connectivity index (χ2v) is 7.23. The maximum Gasteiger partial charge on any atom is 0.337 e. The molecule has 1 aromatic carbocycles. The number of rotatable bonds is 4. The normalized spacial score (nSPS) is 14.5. The highest BCUT2D eigenvalue weighted by Gasteiger charge is 2.28. The summed E-state index contributed by atoms with van der Waals surface area (Å²) in [4.78, 5) is 17.4. The monoisotopic (exact) mass is 406 g/mol. The van der Waals surface area contributed by atoms with Crippen molar-refractivity contribution in [2.45, 2.75) is 18.8 Å². The molecule has 0 aliphatic carbocycles. The minimum atomic E-state index is -1.16. The molecule has 0 spiro atoms. The summed E-state index contributed by atoms with van der Waals surface area (Å²) in [5.74, 6) is -0.617. The Balaban J connectivity index is 1.75. The van der Waals surface area contributed by atoms with Gasteiger partial charge in [0.05, 0.1) is 16.8 Å². The number of carboxylic acids is 1. The highest BCUT2D eigenvalue weighted by molar-refractivity contribution is 5.96. The lowest BCUT2D eigenvalue weighted by Crippen LogP contribution is -2.34. The molecule has 0 saturated carbocycles. The minimum absolute atomic E-state index is 0.0539. The predicted molar refractivity (Wildman–Crippen MR) is 106 cm³/mol. The fraction of sp³-hybridized carbons (Fsp3) is 0.286. The van der Waals surface area contributed by atoms with Gasteiger partial charge in [0.25, 0.3) is 0 Å². The van der Waals surface area contributed by atoms with Gasteiger partial charge in [-0.3, -0.25) is 0 Å². The first-order valence-corrected chi connectivity index (χ1v) is 9.50. The van der Waals surface area contributed by atoms with Crippen LogP contribution in [0.4, 0.5) is 10.1 Å². The van der Waals surface area contributed by atoms with Crippen LogP contribution in [0, 0.1) is 17.3 Å². The zero-order valence-corrected chi connectivity index (χ0v) is 16.3. The Hall–Kier alpha value is -3.80. The lowest BCUT2D eigenvalue weighted by atomic mass is 9.92. The van der Waals surface area contributed by atoms with Gasteiger partial charge in [-0.2, -0.15) is 9.65 Å². The SMILES string of the molecule is Cn1cnnc1C1CCN(c2c(-c3ccc(F)nc3)ccc(C(=O)O)c2C#N)CC1. The summed E-state index contributed by atoms with van der Waals surface area (Å²) < 4.78 is 15.2. The Labute approximate surface area is 172 Å². The number of aromatic carboxylic acids is 1. The quantitative estimate of drug-likeness (QED) is 0.664. The van der Waals surface area contributed by atoms with Gasteiger partial charge in [0.2, 0.25) is 5.95 Å². The predicted octanol–water partition coefficient (Wildman–Crippen LogP) is 2.97. The van der Waals surface area contributed by atoms with Crippen molar-refractivity contribution in [2.75, 3.05) is 18.0 Å². The maximum absolute atomic E-state index is 13.3. The van der Waals surface area contributed by atoms with E-state index in [4.69, 9.17) is 0 Å². The number of benzene rings is 1. The van der Waals surface area contributed by atoms with E-state index >= 15 is 0 Å². The van der Waals surface area contributed by atoms with Crippen molar-refractivity contribution in [1.82, 2.24) is 19.7 Å². The van der Waals surface area contributed by atoms with Gasteiger partial charge in [-0.25, -0.2) is 9.78 Å². The number of hydrogen-bond donors (Lipinski definition) is 1. The van der Waals surface area contributed by atoms with Crippen molar-refractivity contribution >= 4 is 11.7 Å². The number of nitrogens with zero attached hydrogens (tertiary/aromatic N) is 6. The van der Waals surface area contributed by atoms with E-state index in [1.54, 1.807) is 18.5 Å². The molecule has 0 amide bonds. The van der Waals surface area contributed by atoms with Crippen LogP contribution in [-0.4, -0.2) is 43.9 Å². The van der Waals surface area contributed by atoms with Crippen LogP contribution in [0.2, 0.25) is 0 Å². The molecule has 4 rings (SSSR count). The van der Waals surface area contributed by atoms with E-state index in [1.165, 1.54) is 18.3 Å². The van der Waals surface area contributed by atoms with E-state index in [1.807, 2.05) is 16.5 Å². The summed E-state index contributed by atoms with van der Waals surface area (Å²) in [5, 5.41) is 27.5. The smallest absolute Gasteiger partial charge is 0.337 e. The van der Waals surface area contributed by atoms with Gasteiger partial charge >= 0.3 is 5.97 Å². The van der Waals surface area contributed by atoms with E-state index in [2.05, 4.69) is 21.3 Å². The van der Waals surface area contributed by atoms with Crippen molar-refractivity contribution in [2.24, 2.45) is 7.05 Å². The number of aryl methyl sites for hydroxylation is 1. The van der Waals surface area contributed by atoms with E-state index in [0.29, 0.717) is 29.9 Å². The van der Waals surface area contributed by atoms with E-state index in [0.717, 1.165) is 18.7 Å². The van der Waals surface area contributed by atoms with Gasteiger partial charge in [-0.1, -0.05) is 6.07 Å². The number of carbonyl (C=O) groups is 1. The largest absolute Gasteiger partial charge is 0.478 e. The summed E-state index contributed by atoms with van der Waals surface area (Å²) in [6.45, 7) is 1.24. The van der Waals surface area contributed by atoms with Crippen LogP contribution in [0.1, 0.15) is 40.5 Å². The van der Waals surface area contributed by atoms with Gasteiger partial charge in [-0.05, 0) is 31.0 Å². The molecule has 0 unspecified atom stereocenters. The molecule has 0 bridgehead atoms. The van der Waals surface area contributed by atoms with Crippen molar-refractivity contribution in [3.05, 3.63) is 59.7 Å². The fourth-order valence-corrected chi connectivity index (χ4v) is 4.00. The Morgan fingerprint density at radius 2 is 2.03 bits per heavy atom. The van der Waals surface area contributed by atoms with Crippen LogP contribution in [0.15, 0.2) is 36.8 Å². The van der Waals surface area contributed by atoms with Crippen LogP contribution in [0.3, 0.4) is 0 Å². The summed E-state index contributed by atoms with van der Waals surface area (Å²) in [7, 11) is 1.91. The molecule has 1 saturated heterocycles. The first-order chi connectivity index (χ1) is 14.5. The lowest BCUT2D eigenvalue weighted by molar-refractivity contribution is 0.0696. The van der Waals surface area contributed by atoms with Crippen LogP contribution in [-0.2, 0) is 7.05 Å². The topological polar surface area (TPSA) is 108 Å². The number of pyridine rings is 1. The van der Waals surface area contributed by atoms with Gasteiger partial charge in [0, 0.05) is 43.4 Å². The molecule has 30 heavy (non-hydrogen) atoms. The minimum Gasteiger partial charge on any atom is -0.478 e. The summed E-state index contributed by atoms with van der Waals surface area (Å²) in [5.41, 5.74) is 1.86. The van der Waals surface area contributed by atoms with Gasteiger partial charge in [0.15, 0.2) is 0 Å². The third-order valence-electron chi connectivity index (χ3n) is 5.48. The number of piperidine rings is 1. The van der Waals surface area contributed by atoms with Crippen LogP contribution in [0.25, 0.3) is 11.1 Å². The Morgan fingerprint density at radius 1 is 1.27 bits per heavy atom. The van der Waals surface area contributed by atoms with Crippen LogP contribution < -0.4 is 4.90 Å². The van der Waals surface area contributed by atoms with Gasteiger partial charge in [-0.15, -0.1) is 10.2 Å². The van der Waals surface area contributed by atoms with Crippen molar-refractivity contribution < 1.29 is 14.3 Å². The Morgan fingerprint density at radius 3 is 2.60 bits per heavy atom. The molecule has 1 aliphatic heterocycles. The van der Waals surface area contributed by atoms with E-state index < -0.39 is 11.9 Å². The molecule has 1 fully saturated rings. The number of anilines is 1. The Kier molecular flexibility index (Phi) is 5.14. The number of aromatic nitrogens is 4. The number of hydrogen-bond acceptors (Lipinski definition) is 6. The molecule has 0 atom stereocenters. The molecular weight excluding hydrogens is 387 g/mol. The van der Waals surface area contributed by atoms with Gasteiger partial charge < -0.3 is 14.6 Å². The van der Waals surface area contributed by atoms with Crippen molar-refractivity contribution in [3.8, 4) is 17.2 Å². The van der Waals surface area contributed by atoms with Gasteiger partial charge in [0.1, 0.15) is 18.2 Å². The third-order valence-corrected chi connectivity index (χ3v) is 5.48. The summed E-state index contributed by atoms with van der Waals surface area (Å²) in [6, 6.07) is 7.96. The standard InChI is InChI=1S/C21H19FN6O2/c1-27-12-25-26-20(27)13-6-8-28(9-7-13)19-15(14-2-5-18(22)24-11-14)3-4-16(21(29)30)17(19)10-23/h2-5,11-13H,6-9H2,1H3,(H,29,30). The molecule has 2 aromatic heterocycles. The molecule has 1 N–H and O–H groups in total. The van der Waals surface area contributed by atoms with Crippen molar-refractivity contribution in [3.63, 3.8) is 0 Å². The maximum atomic E-state index is 13.3. The molecule has 3 heterocycles. The molecule has 9 heteroatoms. The van der Waals surface area contributed by atoms with E-state index in [9.17, 15) is 19.6 Å². The molecule has 3 aromatic rings. The molecule has 1 aliphatic rings. The first-order valence-electron chi connectivity index (χ1n) is 9.50. The zero-order chi connectivity index (χ0) is 21.3. The van der Waals surface area contributed by atoms with Crippen LogP contribution >= 0.6 is 0 Å². The average Bonchev–Trinajstić information content (AvgIpc) is 3.19. The highest BCUT2D eigenvalue weighted by atomic mass is 19.1. The molecule has 152 valence electrons. The van der Waals surface area contributed by atoms with E-state index in [-0.39, 0.29) is 17.0 Å². The Bertz CT molecular complexity index is 1130. The number of halogens is 1. The number of carboxylic acid groups (broad SMARTS) is 1.